The average Bonchev–Trinajstić information content (AvgIpc) is 3.23. The molecule has 5 rings (SSSR count). The molecule has 0 unspecified atom stereocenters. The van der Waals surface area contributed by atoms with Gasteiger partial charge in [-0.2, -0.15) is 0 Å². The van der Waals surface area contributed by atoms with Crippen molar-refractivity contribution in [3.05, 3.63) is 93.2 Å². The minimum Gasteiger partial charge on any atom is -0.354 e. The maximum atomic E-state index is 13.7. The minimum absolute atomic E-state index is 0.103. The molecule has 0 bridgehead atoms. The number of rotatable bonds is 6. The quantitative estimate of drug-likeness (QED) is 0.394. The molecule has 1 aliphatic heterocycles. The zero-order valence-corrected chi connectivity index (χ0v) is 21.6. The van der Waals surface area contributed by atoms with Crippen LogP contribution in [0.1, 0.15) is 18.0 Å². The van der Waals surface area contributed by atoms with Gasteiger partial charge in [-0.15, -0.1) is 5.10 Å². The lowest BCUT2D eigenvalue weighted by atomic mass is 10.0. The van der Waals surface area contributed by atoms with Crippen LogP contribution in [0, 0.1) is 0 Å². The Morgan fingerprint density at radius 1 is 1.05 bits per heavy atom. The molecule has 3 heterocycles. The number of carbonyl (C=O) groups is 2. The standard InChI is InChI=1S/C26H23Cl2N7O3/c27-18-6-7-21(35-15-23(28)31-32-35)19(13-18)20-14-25(37)34(16-30-20)22(12-17-4-2-1-3-5-17)26(38)33-10-8-24(36)29-9-11-33/h1-7,13-16,22H,8-12H2,(H,29,36)/t22-/m0/s1. The SMILES string of the molecule is O=C1CCN(C(=O)[C@H](Cc2ccccc2)n2cnc(-c3cc(Cl)ccc3-n3cc(Cl)nn3)cc2=O)CCN1. The van der Waals surface area contributed by atoms with Gasteiger partial charge in [0.25, 0.3) is 5.56 Å². The Morgan fingerprint density at radius 2 is 1.87 bits per heavy atom. The number of hydrogen-bond acceptors (Lipinski definition) is 6. The highest BCUT2D eigenvalue weighted by atomic mass is 35.5. The predicted octanol–water partition coefficient (Wildman–Crippen LogP) is 2.93. The number of hydrogen-bond donors (Lipinski definition) is 1. The van der Waals surface area contributed by atoms with E-state index in [0.717, 1.165) is 5.56 Å². The highest BCUT2D eigenvalue weighted by Crippen LogP contribution is 2.28. The molecule has 10 nitrogen and oxygen atoms in total. The van der Waals surface area contributed by atoms with Gasteiger partial charge in [-0.05, 0) is 23.8 Å². The summed E-state index contributed by atoms with van der Waals surface area (Å²) in [6.07, 6.45) is 3.41. The summed E-state index contributed by atoms with van der Waals surface area (Å²) in [5.74, 6) is -0.350. The van der Waals surface area contributed by atoms with Crippen LogP contribution in [0.4, 0.5) is 0 Å². The lowest BCUT2D eigenvalue weighted by Gasteiger charge is -2.27. The maximum Gasteiger partial charge on any atom is 0.254 e. The second kappa shape index (κ2) is 11.2. The average molecular weight is 552 g/mol. The second-order valence-electron chi connectivity index (χ2n) is 8.80. The molecule has 2 aromatic heterocycles. The van der Waals surface area contributed by atoms with Crippen molar-refractivity contribution in [2.75, 3.05) is 19.6 Å². The van der Waals surface area contributed by atoms with Gasteiger partial charge in [-0.3, -0.25) is 19.0 Å². The molecule has 0 saturated carbocycles. The topological polar surface area (TPSA) is 115 Å². The molecular weight excluding hydrogens is 529 g/mol. The highest BCUT2D eigenvalue weighted by Gasteiger charge is 2.29. The number of halogens is 2. The number of nitrogens with zero attached hydrogens (tertiary/aromatic N) is 6. The molecule has 0 aliphatic carbocycles. The van der Waals surface area contributed by atoms with Crippen LogP contribution in [-0.4, -0.2) is 60.9 Å². The summed E-state index contributed by atoms with van der Waals surface area (Å²) in [6.45, 7) is 1.00. The number of nitrogens with one attached hydrogen (secondary N) is 1. The molecule has 4 aromatic rings. The van der Waals surface area contributed by atoms with Crippen molar-refractivity contribution in [3.8, 4) is 16.9 Å². The normalized spacial score (nSPS) is 14.6. The zero-order valence-electron chi connectivity index (χ0n) is 20.1. The first kappa shape index (κ1) is 25.6. The van der Waals surface area contributed by atoms with E-state index in [0.29, 0.717) is 41.5 Å². The molecule has 38 heavy (non-hydrogen) atoms. The van der Waals surface area contributed by atoms with E-state index in [1.807, 2.05) is 30.3 Å². The molecule has 1 N–H and O–H groups in total. The van der Waals surface area contributed by atoms with Crippen molar-refractivity contribution in [2.24, 2.45) is 0 Å². The van der Waals surface area contributed by atoms with Crippen LogP contribution >= 0.6 is 23.2 Å². The van der Waals surface area contributed by atoms with Gasteiger partial charge in [0.1, 0.15) is 6.04 Å². The predicted molar refractivity (Wildman–Crippen MR) is 142 cm³/mol. The summed E-state index contributed by atoms with van der Waals surface area (Å²) in [7, 11) is 0. The van der Waals surface area contributed by atoms with Crippen LogP contribution in [-0.2, 0) is 16.0 Å². The fourth-order valence-corrected chi connectivity index (χ4v) is 4.70. The van der Waals surface area contributed by atoms with Crippen LogP contribution in [0.2, 0.25) is 10.2 Å². The minimum atomic E-state index is -0.840. The van der Waals surface area contributed by atoms with Gasteiger partial charge < -0.3 is 10.2 Å². The van der Waals surface area contributed by atoms with Crippen molar-refractivity contribution in [1.29, 1.82) is 0 Å². The van der Waals surface area contributed by atoms with Crippen molar-refractivity contribution in [1.82, 2.24) is 34.8 Å². The van der Waals surface area contributed by atoms with Gasteiger partial charge in [0.05, 0.1) is 23.9 Å². The molecule has 1 atom stereocenters. The molecule has 0 radical (unpaired) electrons. The van der Waals surface area contributed by atoms with E-state index in [9.17, 15) is 14.4 Å². The Balaban J connectivity index is 1.53. The highest BCUT2D eigenvalue weighted by molar-refractivity contribution is 6.31. The van der Waals surface area contributed by atoms with E-state index < -0.39 is 11.6 Å². The van der Waals surface area contributed by atoms with E-state index >= 15 is 0 Å². The summed E-state index contributed by atoms with van der Waals surface area (Å²) >= 11 is 12.2. The third kappa shape index (κ3) is 5.61. The first-order chi connectivity index (χ1) is 18.4. The fraction of sp³-hybridized carbons (Fsp3) is 0.231. The van der Waals surface area contributed by atoms with Crippen LogP contribution in [0.5, 0.6) is 0 Å². The first-order valence-electron chi connectivity index (χ1n) is 11.9. The largest absolute Gasteiger partial charge is 0.354 e. The Labute approximate surface area is 227 Å². The summed E-state index contributed by atoms with van der Waals surface area (Å²) in [5, 5.41) is 11.2. The van der Waals surface area contributed by atoms with E-state index in [2.05, 4.69) is 20.6 Å². The van der Waals surface area contributed by atoms with Crippen LogP contribution in [0.3, 0.4) is 0 Å². The van der Waals surface area contributed by atoms with E-state index in [1.165, 1.54) is 27.8 Å². The van der Waals surface area contributed by atoms with E-state index in [-0.39, 0.29) is 29.9 Å². The first-order valence-corrected chi connectivity index (χ1v) is 12.7. The van der Waals surface area contributed by atoms with Crippen molar-refractivity contribution < 1.29 is 9.59 Å². The smallest absolute Gasteiger partial charge is 0.254 e. The maximum absolute atomic E-state index is 13.7. The molecule has 194 valence electrons. The molecule has 2 amide bonds. The third-order valence-electron chi connectivity index (χ3n) is 6.30. The molecule has 12 heteroatoms. The van der Waals surface area contributed by atoms with Crippen molar-refractivity contribution in [3.63, 3.8) is 0 Å². The monoisotopic (exact) mass is 551 g/mol. The number of carbonyl (C=O) groups excluding carboxylic acids is 2. The molecule has 2 aromatic carbocycles. The number of aromatic nitrogens is 5. The Hall–Kier alpha value is -4.02. The van der Waals surface area contributed by atoms with Gasteiger partial charge >= 0.3 is 0 Å². The van der Waals surface area contributed by atoms with E-state index in [4.69, 9.17) is 23.2 Å². The Bertz CT molecular complexity index is 1540. The second-order valence-corrected chi connectivity index (χ2v) is 9.62. The van der Waals surface area contributed by atoms with Crippen LogP contribution in [0.15, 0.2) is 71.9 Å². The fourth-order valence-electron chi connectivity index (χ4n) is 4.41. The van der Waals surface area contributed by atoms with Gasteiger partial charge in [-0.1, -0.05) is 58.7 Å². The molecule has 1 aliphatic rings. The van der Waals surface area contributed by atoms with Gasteiger partial charge in [0.2, 0.25) is 11.8 Å². The summed E-state index contributed by atoms with van der Waals surface area (Å²) < 4.78 is 2.81. The van der Waals surface area contributed by atoms with E-state index in [1.54, 1.807) is 23.1 Å². The molecule has 0 spiro atoms. The lowest BCUT2D eigenvalue weighted by Crippen LogP contribution is -2.42. The lowest BCUT2D eigenvalue weighted by molar-refractivity contribution is -0.134. The van der Waals surface area contributed by atoms with Crippen LogP contribution < -0.4 is 10.9 Å². The summed E-state index contributed by atoms with van der Waals surface area (Å²) in [4.78, 5) is 45.2. The third-order valence-corrected chi connectivity index (χ3v) is 6.71. The van der Waals surface area contributed by atoms with Crippen molar-refractivity contribution >= 4 is 35.0 Å². The van der Waals surface area contributed by atoms with Gasteiger partial charge in [0, 0.05) is 49.1 Å². The van der Waals surface area contributed by atoms with Crippen molar-refractivity contribution in [2.45, 2.75) is 18.9 Å². The molecule has 1 saturated heterocycles. The zero-order chi connectivity index (χ0) is 26.6. The number of benzene rings is 2. The van der Waals surface area contributed by atoms with Gasteiger partial charge in [0.15, 0.2) is 5.15 Å². The number of amides is 2. The Morgan fingerprint density at radius 3 is 2.61 bits per heavy atom. The molecule has 1 fully saturated rings. The molecular formula is C26H23Cl2N7O3. The van der Waals surface area contributed by atoms with Crippen LogP contribution in [0.25, 0.3) is 16.9 Å². The summed E-state index contributed by atoms with van der Waals surface area (Å²) in [5.41, 5.74) is 1.97. The van der Waals surface area contributed by atoms with Gasteiger partial charge in [-0.25, -0.2) is 9.67 Å². The summed E-state index contributed by atoms with van der Waals surface area (Å²) in [6, 6.07) is 15.1. The Kier molecular flexibility index (Phi) is 7.52.